The fourth-order valence-electron chi connectivity index (χ4n) is 8.21. The third kappa shape index (κ3) is 19.0. The van der Waals surface area contributed by atoms with E-state index in [1.165, 1.54) is 127 Å². The van der Waals surface area contributed by atoms with Crippen LogP contribution >= 0.6 is 34.8 Å². The fourth-order valence-corrected chi connectivity index (χ4v) is 10.2. The molecule has 0 spiro atoms. The standard InChI is InChI=1S/C22H17Cl2NO6S.C17H15NO6.C17H17NO4.C7H4ClNO3/c1-31-19-8-6-13(11-21(26)27)10-16(19)22(28)15-4-2-3-5-18(15)25-32(29,30)20-9-7-14(23)12-17(20)24;1-23-15-8-7-11(10-16(19)24-2)9-13(15)17(20)12-5-3-4-6-14(12)18(21)22;1-21-15-8-7-11(10-16(19)22-2)9-13(15)17(20)12-5-3-4-6-14(12)18;8-7(10)5-3-1-2-4-6(5)9(11)12/h2-10,12,25H,11H2,1H3,(H,26,27);3-9H,10H2,1-2H3;3-9H,10,18H2,1-2H3;1-4H. The number of nitro groups is 2. The number of rotatable bonds is 21. The Morgan fingerprint density at radius 3 is 1.30 bits per heavy atom. The van der Waals surface area contributed by atoms with Crippen LogP contribution in [0.1, 0.15) is 74.8 Å². The molecule has 0 atom stereocenters. The first-order chi connectivity index (χ1) is 42.8. The van der Waals surface area contributed by atoms with Gasteiger partial charge in [0.25, 0.3) is 26.6 Å². The number of nitrogens with one attached hydrogen (secondary N) is 1. The van der Waals surface area contributed by atoms with Gasteiger partial charge in [-0.15, -0.1) is 0 Å². The van der Waals surface area contributed by atoms with E-state index >= 15 is 0 Å². The first-order valence-corrected chi connectivity index (χ1v) is 28.5. The summed E-state index contributed by atoms with van der Waals surface area (Å²) >= 11 is 17.0. The van der Waals surface area contributed by atoms with E-state index in [2.05, 4.69) is 14.2 Å². The fraction of sp³-hybridized carbons (Fsp3) is 0.127. The molecule has 0 saturated carbocycles. The van der Waals surface area contributed by atoms with E-state index < -0.39 is 48.6 Å². The number of halogens is 3. The molecule has 27 heteroatoms. The van der Waals surface area contributed by atoms with Crippen LogP contribution in [0.2, 0.25) is 10.0 Å². The number of carboxylic acids is 1. The monoisotopic (exact) mass is 1310 g/mol. The largest absolute Gasteiger partial charge is 0.496 e. The minimum Gasteiger partial charge on any atom is -0.496 e. The molecule has 0 saturated heterocycles. The topological polar surface area (TPSA) is 344 Å². The van der Waals surface area contributed by atoms with Crippen molar-refractivity contribution < 1.29 is 80.6 Å². The van der Waals surface area contributed by atoms with E-state index in [0.29, 0.717) is 39.3 Å². The number of nitrogens with zero attached hydrogens (tertiary/aromatic N) is 2. The van der Waals surface area contributed by atoms with Crippen molar-refractivity contribution in [1.82, 2.24) is 0 Å². The smallest absolute Gasteiger partial charge is 0.309 e. The second-order valence-electron chi connectivity index (χ2n) is 18.3. The number of sulfonamides is 1. The van der Waals surface area contributed by atoms with Gasteiger partial charge < -0.3 is 34.5 Å². The van der Waals surface area contributed by atoms with Gasteiger partial charge in [0.1, 0.15) is 33.3 Å². The van der Waals surface area contributed by atoms with Crippen LogP contribution < -0.4 is 24.7 Å². The van der Waals surface area contributed by atoms with Crippen LogP contribution in [0.4, 0.5) is 22.7 Å². The number of ketones is 3. The van der Waals surface area contributed by atoms with Gasteiger partial charge in [-0.25, -0.2) is 8.42 Å². The number of para-hydroxylation sites is 4. The highest BCUT2D eigenvalue weighted by Gasteiger charge is 2.26. The summed E-state index contributed by atoms with van der Waals surface area (Å²) in [6.07, 6.45) is -0.212. The lowest BCUT2D eigenvalue weighted by atomic mass is 9.98. The third-order valence-electron chi connectivity index (χ3n) is 12.5. The number of nitro benzene ring substituents is 2. The number of anilines is 2. The van der Waals surface area contributed by atoms with Crippen molar-refractivity contribution in [2.75, 3.05) is 46.0 Å². The zero-order valence-electron chi connectivity index (χ0n) is 48.1. The zero-order chi connectivity index (χ0) is 66.4. The number of nitrogen functional groups attached to an aromatic ring is 1. The van der Waals surface area contributed by atoms with E-state index in [4.69, 9.17) is 59.9 Å². The summed E-state index contributed by atoms with van der Waals surface area (Å²) in [7, 11) is 2.71. The minimum atomic E-state index is -4.14. The van der Waals surface area contributed by atoms with Crippen molar-refractivity contribution in [3.63, 3.8) is 0 Å². The molecule has 8 rings (SSSR count). The first kappa shape index (κ1) is 70.2. The molecule has 0 aliphatic heterocycles. The van der Waals surface area contributed by atoms with Crippen molar-refractivity contribution >= 4 is 108 Å². The third-order valence-corrected chi connectivity index (χ3v) is 14.8. The minimum absolute atomic E-state index is 0.0162. The molecular weight excluding hydrogens is 1260 g/mol. The lowest BCUT2D eigenvalue weighted by Gasteiger charge is -2.15. The summed E-state index contributed by atoms with van der Waals surface area (Å²) in [6, 6.07) is 42.1. The first-order valence-electron chi connectivity index (χ1n) is 25.9. The molecule has 0 heterocycles. The van der Waals surface area contributed by atoms with E-state index in [0.717, 1.165) is 0 Å². The summed E-state index contributed by atoms with van der Waals surface area (Å²) < 4.78 is 53.1. The number of ether oxygens (including phenoxy) is 5. The van der Waals surface area contributed by atoms with E-state index in [-0.39, 0.29) is 102 Å². The lowest BCUT2D eigenvalue weighted by molar-refractivity contribution is -0.385. The highest BCUT2D eigenvalue weighted by atomic mass is 35.5. The van der Waals surface area contributed by atoms with Crippen LogP contribution in [0.15, 0.2) is 175 Å². The summed E-state index contributed by atoms with van der Waals surface area (Å²) in [5, 5.41) is 29.9. The number of hydrogen-bond donors (Lipinski definition) is 3. The normalized spacial score (nSPS) is 10.4. The maximum atomic E-state index is 13.3. The Balaban J connectivity index is 0.000000228. The van der Waals surface area contributed by atoms with Crippen molar-refractivity contribution in [2.45, 2.75) is 24.2 Å². The van der Waals surface area contributed by atoms with Crippen molar-refractivity contribution in [3.8, 4) is 17.2 Å². The second-order valence-corrected chi connectivity index (χ2v) is 21.1. The molecule has 0 amide bonds. The van der Waals surface area contributed by atoms with Crippen LogP contribution in [-0.4, -0.2) is 99.4 Å². The van der Waals surface area contributed by atoms with E-state index in [1.807, 2.05) is 0 Å². The van der Waals surface area contributed by atoms with Crippen LogP contribution in [0, 0.1) is 20.2 Å². The highest BCUT2D eigenvalue weighted by molar-refractivity contribution is 7.92. The lowest BCUT2D eigenvalue weighted by Crippen LogP contribution is -2.16. The van der Waals surface area contributed by atoms with Gasteiger partial charge in [-0.2, -0.15) is 0 Å². The van der Waals surface area contributed by atoms with Gasteiger partial charge in [0.05, 0.1) is 92.1 Å². The Bertz CT molecular complexity index is 4130. The number of hydrogen-bond acceptors (Lipinski definition) is 19. The van der Waals surface area contributed by atoms with Gasteiger partial charge in [-0.05, 0) is 119 Å². The van der Waals surface area contributed by atoms with Gasteiger partial charge in [-0.1, -0.05) is 89.9 Å². The molecule has 0 fully saturated rings. The van der Waals surface area contributed by atoms with Crippen LogP contribution in [0.25, 0.3) is 0 Å². The Kier molecular flexibility index (Phi) is 25.7. The Morgan fingerprint density at radius 1 is 0.500 bits per heavy atom. The molecule has 8 aromatic rings. The maximum absolute atomic E-state index is 13.3. The van der Waals surface area contributed by atoms with Crippen molar-refractivity contribution in [1.29, 1.82) is 0 Å². The average molecular weight is 1310 g/mol. The molecule has 4 N–H and O–H groups in total. The number of aliphatic carboxylic acids is 1. The van der Waals surface area contributed by atoms with Gasteiger partial charge in [0, 0.05) is 34.0 Å². The van der Waals surface area contributed by atoms with Crippen LogP contribution in [0.5, 0.6) is 17.2 Å². The number of esters is 2. The predicted octanol–water partition coefficient (Wildman–Crippen LogP) is 11.4. The molecular formula is C63H53Cl3N4O19S. The number of carbonyl (C=O) groups is 7. The van der Waals surface area contributed by atoms with Crippen molar-refractivity contribution in [2.24, 2.45) is 0 Å². The molecule has 0 aliphatic rings. The number of benzene rings is 8. The molecule has 0 bridgehead atoms. The molecule has 8 aromatic carbocycles. The molecule has 0 radical (unpaired) electrons. The van der Waals surface area contributed by atoms with E-state index in [9.17, 15) is 62.2 Å². The molecule has 0 unspecified atom stereocenters. The predicted molar refractivity (Wildman–Crippen MR) is 333 cm³/mol. The van der Waals surface area contributed by atoms with Crippen molar-refractivity contribution in [3.05, 3.63) is 256 Å². The van der Waals surface area contributed by atoms with Gasteiger partial charge >= 0.3 is 17.9 Å². The Morgan fingerprint density at radius 2 is 0.889 bits per heavy atom. The molecule has 90 heavy (non-hydrogen) atoms. The Labute approximate surface area is 529 Å². The molecule has 466 valence electrons. The Hall–Kier alpha value is -10.5. The summed E-state index contributed by atoms with van der Waals surface area (Å²) in [4.78, 5) is 103. The molecule has 0 aromatic heterocycles. The second kappa shape index (κ2) is 33.0. The quantitative estimate of drug-likeness (QED) is 0.0150. The van der Waals surface area contributed by atoms with E-state index in [1.54, 1.807) is 78.9 Å². The highest BCUT2D eigenvalue weighted by Crippen LogP contribution is 2.32. The summed E-state index contributed by atoms with van der Waals surface area (Å²) in [5.74, 6) is -2.30. The number of nitrogens with two attached hydrogens (primary N) is 1. The van der Waals surface area contributed by atoms with Gasteiger partial charge in [0.15, 0.2) is 11.6 Å². The van der Waals surface area contributed by atoms with Crippen LogP contribution in [0.3, 0.4) is 0 Å². The SMILES string of the molecule is COC(=O)Cc1ccc(OC)c(C(=O)c2ccccc2N)c1.COC(=O)Cc1ccc(OC)c(C(=O)c2ccccc2[N+](=O)[O-])c1.COc1ccc(CC(=O)O)cc1C(=O)c1ccccc1NS(=O)(=O)c1ccc(Cl)cc1Cl.O=C(Cl)c1ccccc1[N+](=O)[O-]. The summed E-state index contributed by atoms with van der Waals surface area (Å²) in [5.41, 5.74) is 8.26. The number of methoxy groups -OCH3 is 5. The van der Waals surface area contributed by atoms with Gasteiger partial charge in [0.2, 0.25) is 5.78 Å². The maximum Gasteiger partial charge on any atom is 0.309 e. The average Bonchev–Trinajstić information content (AvgIpc) is 0.930. The number of carbonyl (C=O) groups excluding carboxylic acids is 6. The zero-order valence-corrected chi connectivity index (χ0v) is 51.2. The summed E-state index contributed by atoms with van der Waals surface area (Å²) in [6.45, 7) is 0. The molecule has 23 nitrogen and oxygen atoms in total. The van der Waals surface area contributed by atoms with Crippen LogP contribution in [-0.2, 0) is 53.1 Å². The molecule has 0 aliphatic carbocycles. The van der Waals surface area contributed by atoms with Gasteiger partial charge in [-0.3, -0.25) is 58.5 Å². The number of carboxylic acid groups (broad SMARTS) is 1.